The maximum atomic E-state index is 12.6. The van der Waals surface area contributed by atoms with Gasteiger partial charge < -0.3 is 24.3 Å². The number of nitrogens with one attached hydrogen (secondary N) is 1. The molecule has 9 nitrogen and oxygen atoms in total. The summed E-state index contributed by atoms with van der Waals surface area (Å²) in [6.45, 7) is 3.60. The average Bonchev–Trinajstić information content (AvgIpc) is 2.74. The molecule has 0 bridgehead atoms. The fourth-order valence-corrected chi connectivity index (χ4v) is 3.19. The van der Waals surface area contributed by atoms with Gasteiger partial charge in [-0.1, -0.05) is 12.1 Å². The van der Waals surface area contributed by atoms with E-state index in [4.69, 9.17) is 9.15 Å². The molecule has 1 amide bonds. The van der Waals surface area contributed by atoms with Gasteiger partial charge in [-0.25, -0.2) is 14.8 Å². The van der Waals surface area contributed by atoms with Crippen molar-refractivity contribution in [1.82, 2.24) is 14.9 Å². The molecule has 0 unspecified atom stereocenters. The molecule has 1 aromatic carbocycles. The molecular weight excluding hydrogens is 374 g/mol. The fourth-order valence-electron chi connectivity index (χ4n) is 3.19. The summed E-state index contributed by atoms with van der Waals surface area (Å²) in [5.74, 6) is 0.465. The average molecular weight is 395 g/mol. The van der Waals surface area contributed by atoms with Crippen molar-refractivity contribution >= 4 is 28.5 Å². The van der Waals surface area contributed by atoms with Crippen LogP contribution in [0.25, 0.3) is 11.0 Å². The minimum atomic E-state index is -0.741. The first-order valence-corrected chi connectivity index (χ1v) is 9.23. The zero-order valence-electron chi connectivity index (χ0n) is 16.2. The molecule has 3 aromatic rings. The van der Waals surface area contributed by atoms with E-state index in [2.05, 4.69) is 32.1 Å². The van der Waals surface area contributed by atoms with Crippen molar-refractivity contribution in [2.75, 3.05) is 50.6 Å². The molecule has 1 fully saturated rings. The Hall–Kier alpha value is -3.46. The van der Waals surface area contributed by atoms with Crippen LogP contribution in [-0.4, -0.2) is 61.1 Å². The third-order valence-electron chi connectivity index (χ3n) is 4.87. The van der Waals surface area contributed by atoms with Crippen LogP contribution in [0, 0.1) is 0 Å². The quantitative estimate of drug-likeness (QED) is 0.665. The van der Waals surface area contributed by atoms with Crippen LogP contribution in [0.5, 0.6) is 5.75 Å². The largest absolute Gasteiger partial charge is 0.493 e. The van der Waals surface area contributed by atoms with Crippen LogP contribution in [0.4, 0.5) is 11.6 Å². The Morgan fingerprint density at radius 2 is 1.90 bits per heavy atom. The number of amides is 1. The lowest BCUT2D eigenvalue weighted by Gasteiger charge is -2.32. The van der Waals surface area contributed by atoms with Crippen molar-refractivity contribution in [2.45, 2.75) is 0 Å². The van der Waals surface area contributed by atoms with E-state index in [1.807, 2.05) is 0 Å². The normalized spacial score (nSPS) is 14.8. The van der Waals surface area contributed by atoms with Gasteiger partial charge in [0, 0.05) is 31.6 Å². The molecule has 3 heterocycles. The highest BCUT2D eigenvalue weighted by atomic mass is 16.5. The second kappa shape index (κ2) is 7.88. The molecule has 29 heavy (non-hydrogen) atoms. The van der Waals surface area contributed by atoms with Crippen molar-refractivity contribution in [1.29, 1.82) is 0 Å². The molecule has 0 spiro atoms. The molecule has 1 saturated heterocycles. The van der Waals surface area contributed by atoms with Gasteiger partial charge in [-0.3, -0.25) is 4.79 Å². The van der Waals surface area contributed by atoms with Crippen LogP contribution < -0.4 is 20.6 Å². The van der Waals surface area contributed by atoms with E-state index in [1.54, 1.807) is 18.2 Å². The molecule has 0 aliphatic carbocycles. The number of carbonyl (C=O) groups excluding carboxylic acids is 1. The van der Waals surface area contributed by atoms with E-state index in [-0.39, 0.29) is 5.56 Å². The van der Waals surface area contributed by atoms with E-state index >= 15 is 0 Å². The SMILES string of the molecule is COc1cccc2cc(C(=O)Nc3cnc(N4CCN(C)CC4)nc3)c(=O)oc12. The fraction of sp³-hybridized carbons (Fsp3) is 0.300. The number of nitrogens with zero attached hydrogens (tertiary/aromatic N) is 4. The number of hydrogen-bond acceptors (Lipinski definition) is 8. The minimum Gasteiger partial charge on any atom is -0.493 e. The van der Waals surface area contributed by atoms with E-state index in [0.717, 1.165) is 26.2 Å². The van der Waals surface area contributed by atoms with Crippen LogP contribution >= 0.6 is 0 Å². The topological polar surface area (TPSA) is 101 Å². The Balaban J connectivity index is 1.52. The Labute approximate surface area is 166 Å². The number of aromatic nitrogens is 2. The van der Waals surface area contributed by atoms with Gasteiger partial charge >= 0.3 is 5.63 Å². The zero-order valence-corrected chi connectivity index (χ0v) is 16.2. The van der Waals surface area contributed by atoms with E-state index in [1.165, 1.54) is 25.6 Å². The Bertz CT molecular complexity index is 1090. The number of methoxy groups -OCH3 is 1. The van der Waals surface area contributed by atoms with Crippen LogP contribution in [0.2, 0.25) is 0 Å². The highest BCUT2D eigenvalue weighted by Gasteiger charge is 2.18. The molecule has 0 atom stereocenters. The van der Waals surface area contributed by atoms with E-state index < -0.39 is 11.5 Å². The summed E-state index contributed by atoms with van der Waals surface area (Å²) in [6, 6.07) is 6.67. The van der Waals surface area contributed by atoms with Crippen LogP contribution in [0.3, 0.4) is 0 Å². The predicted octanol–water partition coefficient (Wildman–Crippen LogP) is 1.60. The number of piperazine rings is 1. The van der Waals surface area contributed by atoms with Crippen molar-refractivity contribution in [2.24, 2.45) is 0 Å². The summed E-state index contributed by atoms with van der Waals surface area (Å²) < 4.78 is 10.5. The first-order valence-electron chi connectivity index (χ1n) is 9.23. The van der Waals surface area contributed by atoms with Crippen molar-refractivity contribution in [3.05, 3.63) is 52.6 Å². The van der Waals surface area contributed by atoms with Crippen LogP contribution in [0.15, 0.2) is 45.9 Å². The number of rotatable bonds is 4. The number of ether oxygens (including phenoxy) is 1. The number of benzene rings is 1. The number of anilines is 2. The first kappa shape index (κ1) is 18.9. The minimum absolute atomic E-state index is 0.103. The van der Waals surface area contributed by atoms with Gasteiger partial charge in [-0.2, -0.15) is 0 Å². The molecule has 150 valence electrons. The molecule has 1 aliphatic rings. The number of fused-ring (bicyclic) bond motifs is 1. The van der Waals surface area contributed by atoms with Crippen molar-refractivity contribution in [3.8, 4) is 5.75 Å². The first-order chi connectivity index (χ1) is 14.0. The zero-order chi connectivity index (χ0) is 20.4. The molecule has 1 aliphatic heterocycles. The molecular formula is C20H21N5O4. The van der Waals surface area contributed by atoms with Crippen LogP contribution in [0.1, 0.15) is 10.4 Å². The Kier molecular flexibility index (Phi) is 5.13. The van der Waals surface area contributed by atoms with Crippen molar-refractivity contribution in [3.63, 3.8) is 0 Å². The Morgan fingerprint density at radius 1 is 1.17 bits per heavy atom. The highest BCUT2D eigenvalue weighted by molar-refractivity contribution is 6.05. The van der Waals surface area contributed by atoms with E-state index in [9.17, 15) is 9.59 Å². The summed E-state index contributed by atoms with van der Waals surface area (Å²) >= 11 is 0. The van der Waals surface area contributed by atoms with Gasteiger partial charge in [0.2, 0.25) is 5.95 Å². The highest BCUT2D eigenvalue weighted by Crippen LogP contribution is 2.24. The molecule has 0 saturated carbocycles. The lowest BCUT2D eigenvalue weighted by atomic mass is 10.1. The summed E-state index contributed by atoms with van der Waals surface area (Å²) in [5, 5.41) is 3.24. The maximum absolute atomic E-state index is 12.6. The Morgan fingerprint density at radius 3 is 2.59 bits per heavy atom. The van der Waals surface area contributed by atoms with Gasteiger partial charge in [-0.15, -0.1) is 0 Å². The monoisotopic (exact) mass is 395 g/mol. The standard InChI is InChI=1S/C20H21N5O4/c1-24-6-8-25(9-7-24)20-21-11-14(12-22-20)23-18(26)15-10-13-4-3-5-16(28-2)17(13)29-19(15)27/h3-5,10-12H,6-9H2,1-2H3,(H,23,26). The molecule has 1 N–H and O–H groups in total. The second-order valence-corrected chi connectivity index (χ2v) is 6.84. The lowest BCUT2D eigenvalue weighted by Crippen LogP contribution is -2.45. The van der Waals surface area contributed by atoms with Gasteiger partial charge in [0.1, 0.15) is 5.56 Å². The third kappa shape index (κ3) is 3.90. The van der Waals surface area contributed by atoms with Crippen LogP contribution in [-0.2, 0) is 0 Å². The van der Waals surface area contributed by atoms with Gasteiger partial charge in [0.05, 0.1) is 25.2 Å². The predicted molar refractivity (Wildman–Crippen MR) is 109 cm³/mol. The summed E-state index contributed by atoms with van der Waals surface area (Å²) in [6.07, 6.45) is 3.06. The number of para-hydroxylation sites is 1. The second-order valence-electron chi connectivity index (χ2n) is 6.84. The lowest BCUT2D eigenvalue weighted by molar-refractivity contribution is 0.102. The van der Waals surface area contributed by atoms with Gasteiger partial charge in [0.25, 0.3) is 5.91 Å². The smallest absolute Gasteiger partial charge is 0.349 e. The van der Waals surface area contributed by atoms with E-state index in [0.29, 0.717) is 28.4 Å². The molecule has 2 aromatic heterocycles. The third-order valence-corrected chi connectivity index (χ3v) is 4.87. The summed E-state index contributed by atoms with van der Waals surface area (Å²) in [4.78, 5) is 37.9. The molecule has 9 heteroatoms. The van der Waals surface area contributed by atoms with Gasteiger partial charge in [-0.05, 0) is 19.2 Å². The summed E-state index contributed by atoms with van der Waals surface area (Å²) in [7, 11) is 3.57. The number of hydrogen-bond donors (Lipinski definition) is 1. The summed E-state index contributed by atoms with van der Waals surface area (Å²) in [5.41, 5.74) is -0.141. The van der Waals surface area contributed by atoms with Crippen molar-refractivity contribution < 1.29 is 13.9 Å². The van der Waals surface area contributed by atoms with Gasteiger partial charge in [0.15, 0.2) is 11.3 Å². The number of carbonyl (C=O) groups is 1. The maximum Gasteiger partial charge on any atom is 0.349 e. The number of likely N-dealkylation sites (N-methyl/N-ethyl adjacent to an activating group) is 1. The molecule has 4 rings (SSSR count). The molecule has 0 radical (unpaired) electrons.